The summed E-state index contributed by atoms with van der Waals surface area (Å²) in [5, 5.41) is 16.6. The van der Waals surface area contributed by atoms with Crippen molar-refractivity contribution in [3.63, 3.8) is 0 Å². The lowest BCUT2D eigenvalue weighted by atomic mass is 10.0. The number of carbonyl (C=O) groups excluding carboxylic acids is 2. The Morgan fingerprint density at radius 2 is 1.82 bits per heavy atom. The van der Waals surface area contributed by atoms with E-state index in [1.807, 2.05) is 30.3 Å². The molecule has 244 valence electrons. The van der Waals surface area contributed by atoms with Crippen LogP contribution in [0.4, 0.5) is 15.5 Å². The smallest absolute Gasteiger partial charge is 0.413 e. The van der Waals surface area contributed by atoms with Gasteiger partial charge in [0.1, 0.15) is 6.79 Å². The number of methoxy groups -OCH3 is 1. The van der Waals surface area contributed by atoms with E-state index in [1.165, 1.54) is 25.3 Å². The van der Waals surface area contributed by atoms with Crippen LogP contribution in [0.2, 0.25) is 0 Å². The van der Waals surface area contributed by atoms with Gasteiger partial charge in [0.05, 0.1) is 61.0 Å². The summed E-state index contributed by atoms with van der Waals surface area (Å²) in [4.78, 5) is 37.4. The third-order valence-electron chi connectivity index (χ3n) is 7.44. The molecule has 4 N–H and O–H groups in total. The summed E-state index contributed by atoms with van der Waals surface area (Å²) >= 11 is 0. The van der Waals surface area contributed by atoms with Crippen LogP contribution in [0.5, 0.6) is 0 Å². The van der Waals surface area contributed by atoms with Crippen LogP contribution in [-0.4, -0.2) is 98.2 Å². The Kier molecular flexibility index (Phi) is 10.9. The molecule has 1 aliphatic carbocycles. The third kappa shape index (κ3) is 8.68. The number of nitrogens with one attached hydrogen (secondary N) is 3. The lowest BCUT2D eigenvalue weighted by Gasteiger charge is -2.31. The van der Waals surface area contributed by atoms with Gasteiger partial charge in [-0.15, -0.1) is 0 Å². The summed E-state index contributed by atoms with van der Waals surface area (Å²) < 4.78 is 49.2. The van der Waals surface area contributed by atoms with E-state index in [4.69, 9.17) is 19.0 Å². The number of hydrogen-bond acceptors (Lipinski definition) is 11. The molecule has 0 bridgehead atoms. The minimum atomic E-state index is -4.34. The minimum Gasteiger partial charge on any atom is -0.453 e. The van der Waals surface area contributed by atoms with Crippen LogP contribution >= 0.6 is 0 Å². The molecule has 0 spiro atoms. The first kappa shape index (κ1) is 32.6. The van der Waals surface area contributed by atoms with E-state index < -0.39 is 47.0 Å². The standard InChI is InChI=1S/C29H37N5O10S/c1-40-28(36)33-27-30-23-12-11-22(14-24(23)31-27)45(38,39)34(44-20-9-5-6-10-20)15-26(35)25(13-19-7-3-2-4-8-19)32-29(37)43-21-16-41-18-42-17-21/h2-4,7-8,11-12,14,20-21,25-26,35H,5-6,9-10,13,15-18H2,1H3,(H,32,37)(H2,30,31,33,36)/t25-,26?/m0/s1. The minimum absolute atomic E-state index is 0.0777. The largest absolute Gasteiger partial charge is 0.453 e. The molecule has 16 heteroatoms. The maximum absolute atomic E-state index is 14.0. The zero-order valence-electron chi connectivity index (χ0n) is 24.7. The van der Waals surface area contributed by atoms with Crippen LogP contribution in [-0.2, 0) is 40.2 Å². The number of hydrogen-bond donors (Lipinski definition) is 4. The monoisotopic (exact) mass is 647 g/mol. The van der Waals surface area contributed by atoms with Crippen molar-refractivity contribution in [2.75, 3.05) is 39.0 Å². The van der Waals surface area contributed by atoms with Gasteiger partial charge in [0, 0.05) is 0 Å². The number of aliphatic hydroxyl groups excluding tert-OH is 1. The number of sulfonamides is 1. The average Bonchev–Trinajstić information content (AvgIpc) is 3.70. The number of fused-ring (bicyclic) bond motifs is 1. The molecule has 0 radical (unpaired) electrons. The summed E-state index contributed by atoms with van der Waals surface area (Å²) in [7, 11) is -3.13. The number of hydroxylamine groups is 1. The lowest BCUT2D eigenvalue weighted by molar-refractivity contribution is -0.153. The highest BCUT2D eigenvalue weighted by atomic mass is 32.2. The maximum atomic E-state index is 14.0. The summed E-state index contributed by atoms with van der Waals surface area (Å²) in [5.74, 6) is 0.0777. The number of amides is 2. The number of ether oxygens (including phenoxy) is 4. The summed E-state index contributed by atoms with van der Waals surface area (Å²) in [6.45, 7) is -0.0353. The number of nitrogens with zero attached hydrogens (tertiary/aromatic N) is 2. The van der Waals surface area contributed by atoms with Gasteiger partial charge in [-0.25, -0.2) is 23.0 Å². The molecule has 2 amide bonds. The highest BCUT2D eigenvalue weighted by molar-refractivity contribution is 7.89. The Balaban J connectivity index is 1.38. The van der Waals surface area contributed by atoms with Gasteiger partial charge in [0.15, 0.2) is 6.10 Å². The average molecular weight is 648 g/mol. The van der Waals surface area contributed by atoms with Gasteiger partial charge in [0.2, 0.25) is 5.95 Å². The first-order valence-electron chi connectivity index (χ1n) is 14.6. The maximum Gasteiger partial charge on any atom is 0.413 e. The number of aromatic amines is 1. The van der Waals surface area contributed by atoms with Crippen molar-refractivity contribution in [2.24, 2.45) is 0 Å². The second-order valence-corrected chi connectivity index (χ2v) is 12.6. The first-order chi connectivity index (χ1) is 21.7. The number of anilines is 1. The Hall–Kier alpha value is -3.80. The Labute approximate surface area is 260 Å². The highest BCUT2D eigenvalue weighted by Crippen LogP contribution is 2.27. The zero-order chi connectivity index (χ0) is 31.8. The van der Waals surface area contributed by atoms with Crippen molar-refractivity contribution in [3.8, 4) is 0 Å². The van der Waals surface area contributed by atoms with Crippen molar-refractivity contribution >= 4 is 39.2 Å². The summed E-state index contributed by atoms with van der Waals surface area (Å²) in [6.07, 6.45) is -0.669. The van der Waals surface area contributed by atoms with Crippen LogP contribution in [0, 0.1) is 0 Å². The lowest BCUT2D eigenvalue weighted by Crippen LogP contribution is -2.52. The summed E-state index contributed by atoms with van der Waals surface area (Å²) in [5.41, 5.74) is 1.55. The number of imidazole rings is 1. The van der Waals surface area contributed by atoms with Gasteiger partial charge in [-0.05, 0) is 43.0 Å². The number of aromatic nitrogens is 2. The van der Waals surface area contributed by atoms with Gasteiger partial charge in [-0.3, -0.25) is 10.2 Å². The quantitative estimate of drug-likeness (QED) is 0.211. The molecule has 2 aromatic carbocycles. The van der Waals surface area contributed by atoms with Gasteiger partial charge in [-0.2, -0.15) is 0 Å². The van der Waals surface area contributed by atoms with Crippen molar-refractivity contribution in [1.29, 1.82) is 0 Å². The van der Waals surface area contributed by atoms with E-state index in [-0.39, 0.29) is 43.4 Å². The van der Waals surface area contributed by atoms with E-state index in [0.29, 0.717) is 23.9 Å². The van der Waals surface area contributed by atoms with Crippen molar-refractivity contribution in [1.82, 2.24) is 19.8 Å². The predicted molar refractivity (Wildman–Crippen MR) is 159 cm³/mol. The molecular weight excluding hydrogens is 610 g/mol. The Morgan fingerprint density at radius 3 is 2.53 bits per heavy atom. The van der Waals surface area contributed by atoms with E-state index in [0.717, 1.165) is 22.9 Å². The van der Waals surface area contributed by atoms with Gasteiger partial charge < -0.3 is 34.4 Å². The van der Waals surface area contributed by atoms with Gasteiger partial charge in [0.25, 0.3) is 10.0 Å². The molecule has 2 fully saturated rings. The molecule has 2 atom stereocenters. The van der Waals surface area contributed by atoms with Crippen molar-refractivity contribution in [2.45, 2.75) is 61.4 Å². The number of H-pyrrole nitrogens is 1. The van der Waals surface area contributed by atoms with E-state index in [2.05, 4.69) is 25.3 Å². The van der Waals surface area contributed by atoms with Gasteiger partial charge >= 0.3 is 12.2 Å². The summed E-state index contributed by atoms with van der Waals surface area (Å²) in [6, 6.07) is 12.4. The molecule has 1 aromatic heterocycles. The molecule has 1 aliphatic heterocycles. The SMILES string of the molecule is COC(=O)Nc1nc2ccc(S(=O)(=O)N(CC(O)[C@H](Cc3ccccc3)NC(=O)OC3COCOC3)OC3CCCC3)cc2[nH]1. The van der Waals surface area contributed by atoms with E-state index in [1.54, 1.807) is 0 Å². The van der Waals surface area contributed by atoms with Crippen molar-refractivity contribution < 1.29 is 46.9 Å². The normalized spacial score (nSPS) is 17.7. The topological polar surface area (TPSA) is 191 Å². The third-order valence-corrected chi connectivity index (χ3v) is 9.07. The fourth-order valence-corrected chi connectivity index (χ4v) is 6.46. The molecule has 45 heavy (non-hydrogen) atoms. The van der Waals surface area contributed by atoms with E-state index in [9.17, 15) is 23.1 Å². The molecule has 1 unspecified atom stereocenters. The molecule has 3 aromatic rings. The second-order valence-electron chi connectivity index (χ2n) is 10.8. The number of benzene rings is 2. The van der Waals surface area contributed by atoms with Crippen molar-refractivity contribution in [3.05, 3.63) is 54.1 Å². The second kappa shape index (κ2) is 15.0. The van der Waals surface area contributed by atoms with Crippen LogP contribution in [0.15, 0.2) is 53.4 Å². The predicted octanol–water partition coefficient (Wildman–Crippen LogP) is 2.68. The van der Waals surface area contributed by atoms with Crippen LogP contribution in [0.3, 0.4) is 0 Å². The molecule has 1 saturated heterocycles. The van der Waals surface area contributed by atoms with Gasteiger partial charge in [-0.1, -0.05) is 47.6 Å². The zero-order valence-corrected chi connectivity index (χ0v) is 25.5. The fourth-order valence-electron chi connectivity index (χ4n) is 5.13. The number of rotatable bonds is 12. The fraction of sp³-hybridized carbons (Fsp3) is 0.483. The molecule has 1 saturated carbocycles. The molecule has 2 aliphatic rings. The number of alkyl carbamates (subject to hydrolysis) is 1. The molecular formula is C29H37N5O10S. The number of carbonyl (C=O) groups is 2. The number of aliphatic hydroxyl groups is 1. The van der Waals surface area contributed by atoms with Crippen LogP contribution < -0.4 is 10.6 Å². The first-order valence-corrected chi connectivity index (χ1v) is 16.0. The van der Waals surface area contributed by atoms with Crippen LogP contribution in [0.1, 0.15) is 31.2 Å². The molecule has 2 heterocycles. The van der Waals surface area contributed by atoms with Crippen LogP contribution in [0.25, 0.3) is 11.0 Å². The highest BCUT2D eigenvalue weighted by Gasteiger charge is 2.35. The Morgan fingerprint density at radius 1 is 1.09 bits per heavy atom. The Bertz CT molecular complexity index is 1540. The van der Waals surface area contributed by atoms with E-state index >= 15 is 0 Å². The molecule has 15 nitrogen and oxygen atoms in total. The molecule has 5 rings (SSSR count).